The fourth-order valence-electron chi connectivity index (χ4n) is 3.75. The third-order valence-corrected chi connectivity index (χ3v) is 6.08. The van der Waals surface area contributed by atoms with Crippen LogP contribution in [0, 0.1) is 20.8 Å². The average molecular weight is 397 g/mol. The van der Waals surface area contributed by atoms with Crippen LogP contribution in [-0.4, -0.2) is 29.9 Å². The second-order valence-electron chi connectivity index (χ2n) is 7.40. The molecule has 2 aromatic rings. The van der Waals surface area contributed by atoms with Crippen molar-refractivity contribution in [2.75, 3.05) is 28.3 Å². The van der Waals surface area contributed by atoms with Crippen molar-refractivity contribution in [2.24, 2.45) is 0 Å². The molecule has 0 atom stereocenters. The first-order valence-electron chi connectivity index (χ1n) is 9.79. The van der Waals surface area contributed by atoms with Crippen LogP contribution in [-0.2, 0) is 16.0 Å². The summed E-state index contributed by atoms with van der Waals surface area (Å²) in [5, 5.41) is 3.04. The Labute approximate surface area is 171 Å². The van der Waals surface area contributed by atoms with Crippen LogP contribution in [0.25, 0.3) is 0 Å². The van der Waals surface area contributed by atoms with Gasteiger partial charge in [-0.15, -0.1) is 0 Å². The molecule has 1 aliphatic rings. The predicted octanol–water partition coefficient (Wildman–Crippen LogP) is 4.65. The van der Waals surface area contributed by atoms with Crippen LogP contribution in [0.2, 0.25) is 0 Å². The maximum atomic E-state index is 12.5. The van der Waals surface area contributed by atoms with Crippen LogP contribution in [0.15, 0.2) is 36.4 Å². The van der Waals surface area contributed by atoms with Crippen LogP contribution >= 0.6 is 11.8 Å². The molecule has 1 heterocycles. The molecule has 1 aliphatic heterocycles. The Bertz CT molecular complexity index is 856. The molecular weight excluding hydrogens is 368 g/mol. The lowest BCUT2D eigenvalue weighted by atomic mass is 10.0. The molecule has 0 saturated carbocycles. The van der Waals surface area contributed by atoms with Gasteiger partial charge in [0.2, 0.25) is 11.8 Å². The zero-order valence-electron chi connectivity index (χ0n) is 16.9. The lowest BCUT2D eigenvalue weighted by Crippen LogP contribution is -2.30. The highest BCUT2D eigenvalue weighted by Crippen LogP contribution is 2.28. The van der Waals surface area contributed by atoms with Gasteiger partial charge in [-0.05, 0) is 62.1 Å². The van der Waals surface area contributed by atoms with E-state index in [0.29, 0.717) is 12.2 Å². The molecule has 0 aliphatic carbocycles. The van der Waals surface area contributed by atoms with Crippen LogP contribution in [0.4, 0.5) is 11.4 Å². The number of carbonyl (C=O) groups excluding carboxylic acids is 2. The van der Waals surface area contributed by atoms with E-state index in [1.807, 2.05) is 36.9 Å². The molecule has 0 radical (unpaired) electrons. The number of rotatable bonds is 7. The Morgan fingerprint density at radius 3 is 2.57 bits per heavy atom. The van der Waals surface area contributed by atoms with E-state index >= 15 is 0 Å². The quantitative estimate of drug-likeness (QED) is 0.693. The zero-order valence-corrected chi connectivity index (χ0v) is 17.7. The van der Waals surface area contributed by atoms with E-state index in [-0.39, 0.29) is 11.8 Å². The van der Waals surface area contributed by atoms with Gasteiger partial charge in [-0.25, -0.2) is 0 Å². The fraction of sp³-hybridized carbons (Fsp3) is 0.391. The van der Waals surface area contributed by atoms with Crippen LogP contribution in [0.5, 0.6) is 0 Å². The third kappa shape index (κ3) is 4.96. The molecular formula is C23H28N2O2S. The van der Waals surface area contributed by atoms with E-state index in [9.17, 15) is 9.59 Å². The summed E-state index contributed by atoms with van der Waals surface area (Å²) in [5.74, 6) is 1.47. The second kappa shape index (κ2) is 9.28. The van der Waals surface area contributed by atoms with Gasteiger partial charge in [0.05, 0.1) is 5.75 Å². The Kier molecular flexibility index (Phi) is 6.79. The Hall–Kier alpha value is -2.27. The molecule has 28 heavy (non-hydrogen) atoms. The van der Waals surface area contributed by atoms with Crippen LogP contribution in [0.3, 0.4) is 0 Å². The number of carbonyl (C=O) groups is 2. The minimum absolute atomic E-state index is 0.0375. The molecule has 0 unspecified atom stereocenters. The molecule has 0 aromatic heterocycles. The lowest BCUT2D eigenvalue weighted by Gasteiger charge is -2.17. The largest absolute Gasteiger partial charge is 0.326 e. The van der Waals surface area contributed by atoms with Crippen molar-refractivity contribution in [2.45, 2.75) is 40.0 Å². The molecule has 0 fully saturated rings. The molecule has 148 valence electrons. The summed E-state index contributed by atoms with van der Waals surface area (Å²) in [5.41, 5.74) is 6.62. The Balaban J connectivity index is 1.38. The molecule has 0 saturated heterocycles. The standard InChI is InChI=1S/C23H28N2O2S/c1-16-13-17(2)23(18(3)14-16)24-21(26)9-6-12-28-15-22(27)25-11-10-19-7-4-5-8-20(19)25/h4-5,7-8,13-14H,6,9-12,15H2,1-3H3,(H,24,26). The number of hydrogen-bond donors (Lipinski definition) is 1. The first kappa shape index (κ1) is 20.5. The molecule has 3 rings (SSSR count). The highest BCUT2D eigenvalue weighted by molar-refractivity contribution is 7.99. The van der Waals surface area contributed by atoms with Gasteiger partial charge in [-0.3, -0.25) is 9.59 Å². The number of benzene rings is 2. The summed E-state index contributed by atoms with van der Waals surface area (Å²) >= 11 is 1.61. The van der Waals surface area contributed by atoms with Gasteiger partial charge in [0, 0.05) is 24.3 Å². The highest BCUT2D eigenvalue weighted by Gasteiger charge is 2.23. The van der Waals surface area contributed by atoms with E-state index in [0.717, 1.165) is 47.6 Å². The van der Waals surface area contributed by atoms with E-state index < -0.39 is 0 Å². The van der Waals surface area contributed by atoms with Gasteiger partial charge in [0.15, 0.2) is 0 Å². The number of para-hydroxylation sites is 1. The van der Waals surface area contributed by atoms with Crippen molar-refractivity contribution in [3.05, 3.63) is 58.7 Å². The van der Waals surface area contributed by atoms with E-state index in [4.69, 9.17) is 0 Å². The number of thioether (sulfide) groups is 1. The van der Waals surface area contributed by atoms with E-state index in [1.54, 1.807) is 11.8 Å². The lowest BCUT2D eigenvalue weighted by molar-refractivity contribution is -0.116. The zero-order chi connectivity index (χ0) is 20.1. The third-order valence-electron chi connectivity index (χ3n) is 5.05. The van der Waals surface area contributed by atoms with Crippen molar-refractivity contribution < 1.29 is 9.59 Å². The van der Waals surface area contributed by atoms with E-state index in [2.05, 4.69) is 30.4 Å². The molecule has 1 N–H and O–H groups in total. The van der Waals surface area contributed by atoms with Gasteiger partial charge in [-0.2, -0.15) is 11.8 Å². The molecule has 5 heteroatoms. The van der Waals surface area contributed by atoms with Gasteiger partial charge in [0.1, 0.15) is 0 Å². The van der Waals surface area contributed by atoms with Crippen molar-refractivity contribution in [3.63, 3.8) is 0 Å². The molecule has 0 spiro atoms. The van der Waals surface area contributed by atoms with Gasteiger partial charge in [-0.1, -0.05) is 35.9 Å². The highest BCUT2D eigenvalue weighted by atomic mass is 32.2. The predicted molar refractivity (Wildman–Crippen MR) is 118 cm³/mol. The number of amides is 2. The molecule has 2 aromatic carbocycles. The first-order valence-corrected chi connectivity index (χ1v) is 10.9. The molecule has 2 amide bonds. The maximum absolute atomic E-state index is 12.5. The Morgan fingerprint density at radius 1 is 1.11 bits per heavy atom. The number of hydrogen-bond acceptors (Lipinski definition) is 3. The summed E-state index contributed by atoms with van der Waals surface area (Å²) in [6.07, 6.45) is 2.18. The summed E-state index contributed by atoms with van der Waals surface area (Å²) in [7, 11) is 0. The summed E-state index contributed by atoms with van der Waals surface area (Å²) < 4.78 is 0. The average Bonchev–Trinajstić information content (AvgIpc) is 3.08. The van der Waals surface area contributed by atoms with Gasteiger partial charge in [0.25, 0.3) is 0 Å². The van der Waals surface area contributed by atoms with Crippen molar-refractivity contribution in [3.8, 4) is 0 Å². The van der Waals surface area contributed by atoms with Gasteiger partial charge < -0.3 is 10.2 Å². The van der Waals surface area contributed by atoms with Crippen LogP contribution in [0.1, 0.15) is 35.1 Å². The van der Waals surface area contributed by atoms with Crippen LogP contribution < -0.4 is 10.2 Å². The minimum atomic E-state index is 0.0375. The van der Waals surface area contributed by atoms with Crippen molar-refractivity contribution in [1.29, 1.82) is 0 Å². The minimum Gasteiger partial charge on any atom is -0.326 e. The van der Waals surface area contributed by atoms with E-state index in [1.165, 1.54) is 11.1 Å². The number of nitrogens with zero attached hydrogens (tertiary/aromatic N) is 1. The maximum Gasteiger partial charge on any atom is 0.236 e. The van der Waals surface area contributed by atoms with Crippen molar-refractivity contribution in [1.82, 2.24) is 0 Å². The topological polar surface area (TPSA) is 49.4 Å². The molecule has 4 nitrogen and oxygen atoms in total. The fourth-order valence-corrected chi connectivity index (χ4v) is 4.57. The first-order chi connectivity index (χ1) is 13.5. The monoisotopic (exact) mass is 396 g/mol. The van der Waals surface area contributed by atoms with Crippen molar-refractivity contribution >= 4 is 35.0 Å². The summed E-state index contributed by atoms with van der Waals surface area (Å²) in [4.78, 5) is 26.6. The number of nitrogens with one attached hydrogen (secondary N) is 1. The number of aryl methyl sites for hydroxylation is 3. The SMILES string of the molecule is Cc1cc(C)c(NC(=O)CCCSCC(=O)N2CCc3ccccc32)c(C)c1. The summed E-state index contributed by atoms with van der Waals surface area (Å²) in [6, 6.07) is 12.3. The number of fused-ring (bicyclic) bond motifs is 1. The van der Waals surface area contributed by atoms with Gasteiger partial charge >= 0.3 is 0 Å². The molecule has 0 bridgehead atoms. The number of anilines is 2. The Morgan fingerprint density at radius 2 is 1.82 bits per heavy atom. The summed E-state index contributed by atoms with van der Waals surface area (Å²) in [6.45, 7) is 6.88. The normalized spacial score (nSPS) is 12.8. The second-order valence-corrected chi connectivity index (χ2v) is 8.51. The smallest absolute Gasteiger partial charge is 0.236 e.